The first-order chi connectivity index (χ1) is 30.9. The fourth-order valence-corrected chi connectivity index (χ4v) is 10.5. The summed E-state index contributed by atoms with van der Waals surface area (Å²) in [5.41, 5.74) is 2.74. The van der Waals surface area contributed by atoms with Crippen molar-refractivity contribution in [3.05, 3.63) is 72.3 Å². The van der Waals surface area contributed by atoms with Crippen molar-refractivity contribution in [3.8, 4) is 17.2 Å². The maximum atomic E-state index is 14.8. The van der Waals surface area contributed by atoms with E-state index in [2.05, 4.69) is 44.0 Å². The van der Waals surface area contributed by atoms with Gasteiger partial charge in [0.25, 0.3) is 0 Å². The molecule has 63 heavy (non-hydrogen) atoms. The Kier molecular flexibility index (Phi) is 21.8. The number of benzene rings is 2. The van der Waals surface area contributed by atoms with Crippen LogP contribution in [0.4, 0.5) is 0 Å². The summed E-state index contributed by atoms with van der Waals surface area (Å²) >= 11 is 1.68. The molecule has 5 rings (SSSR count). The van der Waals surface area contributed by atoms with E-state index in [1.165, 1.54) is 38.5 Å². The fraction of sp³-hybridized carbons (Fsp3) is 0.647. The van der Waals surface area contributed by atoms with Crippen LogP contribution in [0.25, 0.3) is 0 Å². The van der Waals surface area contributed by atoms with Gasteiger partial charge >= 0.3 is 0 Å². The first-order valence-electron chi connectivity index (χ1n) is 23.8. The minimum Gasteiger partial charge on any atom is -0.459 e. The van der Waals surface area contributed by atoms with Crippen LogP contribution in [0.15, 0.2) is 76.8 Å². The van der Waals surface area contributed by atoms with E-state index in [9.17, 15) is 20.1 Å². The molecule has 6 unspecified atom stereocenters. The number of carbonyl (C=O) groups is 1. The van der Waals surface area contributed by atoms with E-state index in [4.69, 9.17) is 28.9 Å². The number of rotatable bonds is 31. The van der Waals surface area contributed by atoms with Gasteiger partial charge in [0.05, 0.1) is 38.1 Å². The average molecular weight is 893 g/mol. The predicted molar refractivity (Wildman–Crippen MR) is 252 cm³/mol. The van der Waals surface area contributed by atoms with Crippen LogP contribution >= 0.6 is 11.8 Å². The zero-order valence-corrected chi connectivity index (χ0v) is 39.2. The summed E-state index contributed by atoms with van der Waals surface area (Å²) in [5.74, 6) is 0.379. The fourth-order valence-electron chi connectivity index (χ4n) is 10.1. The number of allylic oxidation sites excluding steroid dienone is 1. The van der Waals surface area contributed by atoms with Crippen molar-refractivity contribution in [2.75, 3.05) is 59.6 Å². The molecule has 0 spiro atoms. The average Bonchev–Trinajstić information content (AvgIpc) is 3.29. The summed E-state index contributed by atoms with van der Waals surface area (Å²) < 4.78 is 26.9. The van der Waals surface area contributed by atoms with Crippen LogP contribution in [0.1, 0.15) is 128 Å². The van der Waals surface area contributed by atoms with Gasteiger partial charge in [-0.1, -0.05) is 88.4 Å². The maximum Gasteiger partial charge on any atom is 0.239 e. The Hall–Kier alpha value is -3.39. The number of aliphatic hydroxyl groups excluding tert-OH is 3. The molecule has 1 aliphatic heterocycles. The van der Waals surface area contributed by atoms with Crippen molar-refractivity contribution in [1.29, 1.82) is 0 Å². The van der Waals surface area contributed by atoms with Gasteiger partial charge in [0, 0.05) is 49.0 Å². The molecule has 0 saturated heterocycles. The zero-order chi connectivity index (χ0) is 44.9. The van der Waals surface area contributed by atoms with E-state index in [1.807, 2.05) is 29.2 Å². The standard InChI is InChI=1S/C51H76N2O9S/c1-5-7-8-9-10-11-12-13-14-21-48(57)53(28-33-59-34-31-56)47-37-45(52-58-3)43-35-38(19-15-17-29-54)42(20-16-18-30-55)49-44-36-40(61-39-22-25-41(63-4)26-23-39)24-27-46(44)62-51(47,50(43)49)60-32-6-2/h6,22-27,35-36,38,42,47,49-50,54-56H,2,5,7-21,28-34,37H2,1,3-4H3. The Morgan fingerprint density at radius 3 is 2.27 bits per heavy atom. The lowest BCUT2D eigenvalue weighted by Gasteiger charge is -2.60. The van der Waals surface area contributed by atoms with Crippen molar-refractivity contribution in [1.82, 2.24) is 4.90 Å². The molecule has 0 radical (unpaired) electrons. The summed E-state index contributed by atoms with van der Waals surface area (Å²) in [7, 11) is 1.56. The van der Waals surface area contributed by atoms with Crippen molar-refractivity contribution in [3.63, 3.8) is 0 Å². The summed E-state index contributed by atoms with van der Waals surface area (Å²) in [4.78, 5) is 23.5. The number of fused-ring (bicyclic) bond motifs is 2. The number of amides is 1. The molecule has 0 aromatic heterocycles. The minimum absolute atomic E-state index is 0.000639. The molecular weight excluding hydrogens is 817 g/mol. The lowest BCUT2D eigenvalue weighted by molar-refractivity contribution is -0.258. The van der Waals surface area contributed by atoms with Gasteiger partial charge in [-0.05, 0) is 98.2 Å². The molecule has 1 amide bonds. The maximum absolute atomic E-state index is 14.8. The van der Waals surface area contributed by atoms with Crippen LogP contribution in [-0.2, 0) is 19.1 Å². The number of thioether (sulfide) groups is 1. The van der Waals surface area contributed by atoms with E-state index >= 15 is 0 Å². The number of unbranched alkanes of at least 4 members (excludes halogenated alkanes) is 10. The molecule has 1 saturated carbocycles. The SMILES string of the molecule is C=CCOC12Oc3ccc(Oc4ccc(SC)cc4)cc3C3C(CCCCO)C(CCCCO)C=C(C(=NOC)CC1N(CCOCCO)C(=O)CCCCCCCCCCC)C32. The number of nitrogens with zero attached hydrogens (tertiary/aromatic N) is 2. The highest BCUT2D eigenvalue weighted by Gasteiger charge is 2.65. The highest BCUT2D eigenvalue weighted by atomic mass is 32.2. The number of hydrogen-bond donors (Lipinski definition) is 3. The Morgan fingerprint density at radius 2 is 1.60 bits per heavy atom. The number of hydrogen-bond acceptors (Lipinski definition) is 11. The largest absolute Gasteiger partial charge is 0.459 e. The lowest BCUT2D eigenvalue weighted by Crippen LogP contribution is -2.70. The zero-order valence-electron chi connectivity index (χ0n) is 38.4. The van der Waals surface area contributed by atoms with Gasteiger partial charge in [-0.2, -0.15) is 0 Å². The van der Waals surface area contributed by atoms with Gasteiger partial charge in [0.1, 0.15) is 30.4 Å². The Balaban J connectivity index is 1.62. The molecule has 1 fully saturated rings. The molecule has 3 aliphatic rings. The van der Waals surface area contributed by atoms with Crippen LogP contribution in [-0.4, -0.2) is 103 Å². The number of ether oxygens (including phenoxy) is 4. The molecule has 0 bridgehead atoms. The molecule has 12 heteroatoms. The first-order valence-corrected chi connectivity index (χ1v) is 25.0. The van der Waals surface area contributed by atoms with Gasteiger partial charge in [0.2, 0.25) is 11.7 Å². The summed E-state index contributed by atoms with van der Waals surface area (Å²) in [6, 6.07) is 13.5. The molecule has 2 aliphatic carbocycles. The van der Waals surface area contributed by atoms with Crippen LogP contribution < -0.4 is 9.47 Å². The van der Waals surface area contributed by atoms with Crippen molar-refractivity contribution < 1.29 is 43.9 Å². The Morgan fingerprint density at radius 1 is 0.905 bits per heavy atom. The number of carbonyl (C=O) groups excluding carboxylic acids is 1. The third kappa shape index (κ3) is 13.6. The van der Waals surface area contributed by atoms with Crippen molar-refractivity contribution >= 4 is 23.4 Å². The van der Waals surface area contributed by atoms with E-state index in [-0.39, 0.29) is 69.8 Å². The summed E-state index contributed by atoms with van der Waals surface area (Å²) in [6.07, 6.45) is 21.9. The van der Waals surface area contributed by atoms with Gasteiger partial charge in [0.15, 0.2) is 0 Å². The highest BCUT2D eigenvalue weighted by Crippen LogP contribution is 2.62. The second kappa shape index (κ2) is 27.2. The monoisotopic (exact) mass is 893 g/mol. The molecule has 2 aromatic rings. The third-order valence-electron chi connectivity index (χ3n) is 13.0. The molecule has 350 valence electrons. The van der Waals surface area contributed by atoms with E-state index in [0.717, 1.165) is 72.4 Å². The normalized spacial score (nSPS) is 23.0. The van der Waals surface area contributed by atoms with Gasteiger partial charge in [-0.3, -0.25) is 4.79 Å². The smallest absolute Gasteiger partial charge is 0.239 e. The van der Waals surface area contributed by atoms with Crippen molar-refractivity contribution in [2.24, 2.45) is 22.9 Å². The number of oxime groups is 1. The molecule has 1 heterocycles. The molecule has 6 atom stereocenters. The number of aliphatic hydroxyl groups is 3. The molecule has 3 N–H and O–H groups in total. The van der Waals surface area contributed by atoms with Gasteiger partial charge in [-0.15, -0.1) is 18.3 Å². The second-order valence-electron chi connectivity index (χ2n) is 17.2. The van der Waals surface area contributed by atoms with Crippen LogP contribution in [0.5, 0.6) is 17.2 Å². The summed E-state index contributed by atoms with van der Waals surface area (Å²) in [6.45, 7) is 7.28. The van der Waals surface area contributed by atoms with Crippen LogP contribution in [0, 0.1) is 17.8 Å². The van der Waals surface area contributed by atoms with E-state index < -0.39 is 17.7 Å². The predicted octanol–water partition coefficient (Wildman–Crippen LogP) is 10.2. The molecular formula is C51H76N2O9S. The van der Waals surface area contributed by atoms with Crippen LogP contribution in [0.2, 0.25) is 0 Å². The quantitative estimate of drug-likeness (QED) is 0.0290. The minimum atomic E-state index is -1.35. The van der Waals surface area contributed by atoms with Crippen molar-refractivity contribution in [2.45, 2.75) is 139 Å². The van der Waals surface area contributed by atoms with E-state index in [0.29, 0.717) is 37.2 Å². The highest BCUT2D eigenvalue weighted by molar-refractivity contribution is 7.98. The molecule has 11 nitrogen and oxygen atoms in total. The third-order valence-corrected chi connectivity index (χ3v) is 13.8. The van der Waals surface area contributed by atoms with Crippen LogP contribution in [0.3, 0.4) is 0 Å². The Labute approximate surface area is 381 Å². The first kappa shape index (κ1) is 50.6. The Bertz CT molecular complexity index is 1740. The van der Waals surface area contributed by atoms with Gasteiger partial charge < -0.3 is 44.0 Å². The van der Waals surface area contributed by atoms with Gasteiger partial charge in [-0.25, -0.2) is 0 Å². The summed E-state index contributed by atoms with van der Waals surface area (Å²) in [5, 5.41) is 34.2. The topological polar surface area (TPSA) is 140 Å². The lowest BCUT2D eigenvalue weighted by atomic mass is 9.55. The second-order valence-corrected chi connectivity index (χ2v) is 18.1. The van der Waals surface area contributed by atoms with E-state index in [1.54, 1.807) is 24.9 Å². The molecule has 2 aromatic carbocycles.